The van der Waals surface area contributed by atoms with Gasteiger partial charge in [0.1, 0.15) is 12.0 Å². The molecule has 1 atom stereocenters. The molecule has 2 bridgehead atoms. The number of ether oxygens (including phenoxy) is 1. The molecule has 3 heterocycles. The Bertz CT molecular complexity index is 638. The molecule has 0 aromatic heterocycles. The predicted molar refractivity (Wildman–Crippen MR) is 93.8 cm³/mol. The van der Waals surface area contributed by atoms with Crippen LogP contribution in [0.25, 0.3) is 0 Å². The Kier molecular flexibility index (Phi) is 4.35. The van der Waals surface area contributed by atoms with E-state index in [1.807, 2.05) is 60.7 Å². The van der Waals surface area contributed by atoms with Gasteiger partial charge in [-0.15, -0.1) is 0 Å². The quantitative estimate of drug-likeness (QED) is 0.808. The molecule has 0 saturated carbocycles. The Balaban J connectivity index is 1.58. The number of carbonyl (C=O) groups is 1. The molecule has 0 amide bonds. The van der Waals surface area contributed by atoms with Crippen LogP contribution in [-0.4, -0.2) is 36.6 Å². The summed E-state index contributed by atoms with van der Waals surface area (Å²) in [4.78, 5) is 15.5. The lowest BCUT2D eigenvalue weighted by Gasteiger charge is -2.44. The van der Waals surface area contributed by atoms with Crippen molar-refractivity contribution >= 4 is 5.97 Å². The number of esters is 1. The minimum Gasteiger partial charge on any atom is -0.460 e. The first kappa shape index (κ1) is 15.4. The molecule has 3 saturated heterocycles. The van der Waals surface area contributed by atoms with Gasteiger partial charge >= 0.3 is 5.97 Å². The van der Waals surface area contributed by atoms with Crippen LogP contribution in [-0.2, 0) is 9.53 Å². The predicted octanol–water partition coefficient (Wildman–Crippen LogP) is 3.46. The third-order valence-electron chi connectivity index (χ3n) is 5.37. The van der Waals surface area contributed by atoms with Crippen molar-refractivity contribution in [2.75, 3.05) is 19.6 Å². The summed E-state index contributed by atoms with van der Waals surface area (Å²) >= 11 is 0. The summed E-state index contributed by atoms with van der Waals surface area (Å²) in [5.41, 5.74) is 1.99. The number of benzene rings is 2. The van der Waals surface area contributed by atoms with E-state index in [4.69, 9.17) is 4.74 Å². The third-order valence-corrected chi connectivity index (χ3v) is 5.37. The second-order valence-corrected chi connectivity index (χ2v) is 6.87. The van der Waals surface area contributed by atoms with Crippen molar-refractivity contribution in [3.63, 3.8) is 0 Å². The summed E-state index contributed by atoms with van der Waals surface area (Å²) in [7, 11) is 0. The maximum absolute atomic E-state index is 13.0. The normalized spacial score (nSPS) is 25.6. The fourth-order valence-electron chi connectivity index (χ4n) is 4.02. The standard InChI is InChI=1S/C21H23NO2/c23-21(24-19-15-22-13-11-16(19)12-14-22)20(17-7-3-1-4-8-17)18-9-5-2-6-10-18/h1-10,16,19-20H,11-15H2. The largest absolute Gasteiger partial charge is 0.460 e. The van der Waals surface area contributed by atoms with Crippen LogP contribution in [0.3, 0.4) is 0 Å². The lowest BCUT2D eigenvalue weighted by atomic mass is 9.85. The zero-order chi connectivity index (χ0) is 16.4. The van der Waals surface area contributed by atoms with E-state index in [2.05, 4.69) is 4.90 Å². The van der Waals surface area contributed by atoms with Crippen molar-refractivity contribution in [1.82, 2.24) is 4.90 Å². The van der Waals surface area contributed by atoms with Crippen molar-refractivity contribution < 1.29 is 9.53 Å². The van der Waals surface area contributed by atoms with Gasteiger partial charge in [0.05, 0.1) is 0 Å². The summed E-state index contributed by atoms with van der Waals surface area (Å²) in [6.07, 6.45) is 2.35. The Hall–Kier alpha value is -2.13. The molecule has 0 radical (unpaired) electrons. The highest BCUT2D eigenvalue weighted by Gasteiger charge is 2.38. The van der Waals surface area contributed by atoms with Crippen LogP contribution in [0, 0.1) is 5.92 Å². The lowest BCUT2D eigenvalue weighted by Crippen LogP contribution is -2.52. The average Bonchev–Trinajstić information content (AvgIpc) is 2.65. The molecule has 1 unspecified atom stereocenters. The second kappa shape index (κ2) is 6.78. The highest BCUT2D eigenvalue weighted by molar-refractivity contribution is 5.82. The minimum absolute atomic E-state index is 0.0509. The Morgan fingerprint density at radius 3 is 1.92 bits per heavy atom. The minimum atomic E-state index is -0.345. The molecule has 3 aliphatic rings. The average molecular weight is 321 g/mol. The van der Waals surface area contributed by atoms with Crippen molar-refractivity contribution in [1.29, 1.82) is 0 Å². The van der Waals surface area contributed by atoms with Crippen LogP contribution in [0.15, 0.2) is 60.7 Å². The van der Waals surface area contributed by atoms with Crippen molar-refractivity contribution in [3.05, 3.63) is 71.8 Å². The number of carbonyl (C=O) groups excluding carboxylic acids is 1. The first-order valence-corrected chi connectivity index (χ1v) is 8.84. The maximum atomic E-state index is 13.0. The number of rotatable bonds is 4. The fraction of sp³-hybridized carbons (Fsp3) is 0.381. The van der Waals surface area contributed by atoms with Crippen LogP contribution >= 0.6 is 0 Å². The van der Waals surface area contributed by atoms with Gasteiger partial charge < -0.3 is 4.74 Å². The van der Waals surface area contributed by atoms with E-state index >= 15 is 0 Å². The Labute approximate surface area is 143 Å². The van der Waals surface area contributed by atoms with E-state index in [0.29, 0.717) is 5.92 Å². The molecular formula is C21H23NO2. The van der Waals surface area contributed by atoms with Crippen molar-refractivity contribution in [2.24, 2.45) is 5.92 Å². The third kappa shape index (κ3) is 3.09. The zero-order valence-corrected chi connectivity index (χ0v) is 13.8. The highest BCUT2D eigenvalue weighted by atomic mass is 16.5. The summed E-state index contributed by atoms with van der Waals surface area (Å²) in [5, 5.41) is 0. The molecule has 2 aromatic rings. The van der Waals surface area contributed by atoms with Crippen molar-refractivity contribution in [3.8, 4) is 0 Å². The summed E-state index contributed by atoms with van der Waals surface area (Å²) in [6, 6.07) is 19.9. The number of hydrogen-bond donors (Lipinski definition) is 0. The fourth-order valence-corrected chi connectivity index (χ4v) is 4.02. The lowest BCUT2D eigenvalue weighted by molar-refractivity contribution is -0.159. The van der Waals surface area contributed by atoms with E-state index in [9.17, 15) is 4.79 Å². The number of hydrogen-bond acceptors (Lipinski definition) is 3. The Morgan fingerprint density at radius 2 is 1.46 bits per heavy atom. The molecular weight excluding hydrogens is 298 g/mol. The molecule has 5 rings (SSSR count). The van der Waals surface area contributed by atoms with Crippen LogP contribution < -0.4 is 0 Å². The van der Waals surface area contributed by atoms with Gasteiger partial charge in [0.25, 0.3) is 0 Å². The van der Waals surface area contributed by atoms with Crippen LogP contribution in [0.5, 0.6) is 0 Å². The molecule has 2 aromatic carbocycles. The first-order valence-electron chi connectivity index (χ1n) is 8.84. The van der Waals surface area contributed by atoms with Crippen LogP contribution in [0.4, 0.5) is 0 Å². The number of fused-ring (bicyclic) bond motifs is 3. The van der Waals surface area contributed by atoms with Crippen LogP contribution in [0.1, 0.15) is 29.9 Å². The molecule has 3 fully saturated rings. The van der Waals surface area contributed by atoms with E-state index in [-0.39, 0.29) is 18.0 Å². The van der Waals surface area contributed by atoms with Gasteiger partial charge in [-0.05, 0) is 43.0 Å². The van der Waals surface area contributed by atoms with Gasteiger partial charge in [0.15, 0.2) is 0 Å². The van der Waals surface area contributed by atoms with E-state index in [1.165, 1.54) is 0 Å². The topological polar surface area (TPSA) is 29.5 Å². The van der Waals surface area contributed by atoms with Gasteiger partial charge in [-0.1, -0.05) is 60.7 Å². The zero-order valence-electron chi connectivity index (χ0n) is 13.8. The van der Waals surface area contributed by atoms with Gasteiger partial charge in [-0.2, -0.15) is 0 Å². The van der Waals surface area contributed by atoms with Gasteiger partial charge in [-0.3, -0.25) is 9.69 Å². The van der Waals surface area contributed by atoms with Crippen LogP contribution in [0.2, 0.25) is 0 Å². The molecule has 0 spiro atoms. The first-order chi connectivity index (χ1) is 11.8. The summed E-state index contributed by atoms with van der Waals surface area (Å²) < 4.78 is 6.02. The number of nitrogens with zero attached hydrogens (tertiary/aromatic N) is 1. The molecule has 124 valence electrons. The monoisotopic (exact) mass is 321 g/mol. The summed E-state index contributed by atoms with van der Waals surface area (Å²) in [5.74, 6) is 0.0696. The van der Waals surface area contributed by atoms with E-state index in [0.717, 1.165) is 43.6 Å². The highest BCUT2D eigenvalue weighted by Crippen LogP contribution is 2.32. The molecule has 0 N–H and O–H groups in total. The Morgan fingerprint density at radius 1 is 0.917 bits per heavy atom. The van der Waals surface area contributed by atoms with Crippen molar-refractivity contribution in [2.45, 2.75) is 24.9 Å². The molecule has 0 aliphatic carbocycles. The maximum Gasteiger partial charge on any atom is 0.318 e. The molecule has 3 heteroatoms. The molecule has 3 aliphatic heterocycles. The van der Waals surface area contributed by atoms with Gasteiger partial charge in [0.2, 0.25) is 0 Å². The second-order valence-electron chi connectivity index (χ2n) is 6.87. The molecule has 24 heavy (non-hydrogen) atoms. The van der Waals surface area contributed by atoms with E-state index in [1.54, 1.807) is 0 Å². The van der Waals surface area contributed by atoms with Gasteiger partial charge in [-0.25, -0.2) is 0 Å². The van der Waals surface area contributed by atoms with E-state index < -0.39 is 0 Å². The number of piperidine rings is 3. The SMILES string of the molecule is O=C(OC1CN2CCC1CC2)C(c1ccccc1)c1ccccc1. The smallest absolute Gasteiger partial charge is 0.318 e. The van der Waals surface area contributed by atoms with Gasteiger partial charge in [0, 0.05) is 6.54 Å². The summed E-state index contributed by atoms with van der Waals surface area (Å²) in [6.45, 7) is 3.20. The molecule has 3 nitrogen and oxygen atoms in total.